The fraction of sp³-hybridized carbons (Fsp3) is 0.640. The van der Waals surface area contributed by atoms with Crippen LogP contribution in [0.1, 0.15) is 73.8 Å². The quantitative estimate of drug-likeness (QED) is 0.414. The third-order valence-electron chi connectivity index (χ3n) is 6.13. The highest BCUT2D eigenvalue weighted by molar-refractivity contribution is 6.77. The number of oxazole rings is 1. The third-order valence-corrected chi connectivity index (χ3v) is 12.2. The first kappa shape index (κ1) is 24.8. The van der Waals surface area contributed by atoms with Gasteiger partial charge in [0.1, 0.15) is 17.1 Å². The van der Waals surface area contributed by atoms with Crippen LogP contribution in [0.2, 0.25) is 16.6 Å². The number of hydrogen-bond donors (Lipinski definition) is 1. The molecule has 0 spiro atoms. The van der Waals surface area contributed by atoms with Crippen LogP contribution in [-0.2, 0) is 16.4 Å². The van der Waals surface area contributed by atoms with Crippen LogP contribution < -0.4 is 0 Å². The molecule has 0 radical (unpaired) electrons. The Labute approximate surface area is 184 Å². The Kier molecular flexibility index (Phi) is 8.11. The summed E-state index contributed by atoms with van der Waals surface area (Å²) in [5, 5.41) is 11.5. The third kappa shape index (κ3) is 5.24. The van der Waals surface area contributed by atoms with Gasteiger partial charge in [0.15, 0.2) is 8.32 Å². The summed E-state index contributed by atoms with van der Waals surface area (Å²) in [6, 6.07) is 9.87. The molecule has 0 bridgehead atoms. The predicted molar refractivity (Wildman–Crippen MR) is 127 cm³/mol. The Bertz CT molecular complexity index is 772. The largest absolute Gasteiger partial charge is 0.441 e. The van der Waals surface area contributed by atoms with Gasteiger partial charge in [0.2, 0.25) is 5.89 Å². The number of hydrogen-bond acceptors (Lipinski definition) is 4. The Hall–Kier alpha value is -1.43. The molecule has 0 amide bonds. The number of rotatable bonds is 10. The van der Waals surface area contributed by atoms with Gasteiger partial charge in [-0.3, -0.25) is 0 Å². The lowest BCUT2D eigenvalue weighted by molar-refractivity contribution is -0.00345. The van der Waals surface area contributed by atoms with E-state index in [0.717, 1.165) is 17.7 Å². The van der Waals surface area contributed by atoms with Gasteiger partial charge in [-0.1, -0.05) is 73.6 Å². The van der Waals surface area contributed by atoms with Crippen molar-refractivity contribution in [1.82, 2.24) is 4.98 Å². The normalized spacial score (nSPS) is 14.9. The van der Waals surface area contributed by atoms with E-state index in [9.17, 15) is 5.11 Å². The van der Waals surface area contributed by atoms with Crippen molar-refractivity contribution < 1.29 is 13.9 Å². The molecule has 2 rings (SSSR count). The molecule has 1 aromatic heterocycles. The fourth-order valence-corrected chi connectivity index (χ4v) is 10.4. The molecule has 1 atom stereocenters. The Balaban J connectivity index is 2.41. The monoisotopic (exact) mass is 431 g/mol. The molecule has 0 saturated carbocycles. The van der Waals surface area contributed by atoms with Crippen molar-refractivity contribution in [2.24, 2.45) is 5.92 Å². The second-order valence-electron chi connectivity index (χ2n) is 10.1. The molecule has 0 fully saturated rings. The predicted octanol–water partition coefficient (Wildman–Crippen LogP) is 6.94. The molecule has 0 aliphatic rings. The van der Waals surface area contributed by atoms with Crippen LogP contribution >= 0.6 is 0 Å². The zero-order valence-electron chi connectivity index (χ0n) is 20.3. The van der Waals surface area contributed by atoms with Crippen molar-refractivity contribution in [1.29, 1.82) is 0 Å². The molecule has 1 N–H and O–H groups in total. The van der Waals surface area contributed by atoms with E-state index in [1.165, 1.54) is 0 Å². The lowest BCUT2D eigenvalue weighted by atomic mass is 9.98. The maximum atomic E-state index is 11.5. The van der Waals surface area contributed by atoms with E-state index >= 15 is 0 Å². The molecule has 0 aliphatic carbocycles. The van der Waals surface area contributed by atoms with Crippen molar-refractivity contribution in [2.45, 2.75) is 91.0 Å². The molecule has 4 nitrogen and oxygen atoms in total. The van der Waals surface area contributed by atoms with Crippen molar-refractivity contribution in [3.63, 3.8) is 0 Å². The highest BCUT2D eigenvalue weighted by Crippen LogP contribution is 2.43. The van der Waals surface area contributed by atoms with Crippen LogP contribution in [0.4, 0.5) is 0 Å². The van der Waals surface area contributed by atoms with E-state index in [-0.39, 0.29) is 6.61 Å². The second-order valence-corrected chi connectivity index (χ2v) is 15.6. The maximum absolute atomic E-state index is 11.5. The van der Waals surface area contributed by atoms with E-state index < -0.39 is 13.9 Å². The summed E-state index contributed by atoms with van der Waals surface area (Å²) in [4.78, 5) is 4.76. The van der Waals surface area contributed by atoms with Gasteiger partial charge in [-0.25, -0.2) is 4.98 Å². The van der Waals surface area contributed by atoms with Crippen molar-refractivity contribution in [3.8, 4) is 11.5 Å². The second kappa shape index (κ2) is 9.80. The van der Waals surface area contributed by atoms with E-state index in [1.807, 2.05) is 37.3 Å². The summed E-state index contributed by atoms with van der Waals surface area (Å²) in [6.07, 6.45) is 0.729. The summed E-state index contributed by atoms with van der Waals surface area (Å²) < 4.78 is 12.9. The number of aliphatic hydroxyl groups is 1. The van der Waals surface area contributed by atoms with E-state index in [1.54, 1.807) is 0 Å². The first-order valence-corrected chi connectivity index (χ1v) is 13.5. The highest BCUT2D eigenvalue weighted by atomic mass is 28.4. The van der Waals surface area contributed by atoms with Gasteiger partial charge in [0, 0.05) is 12.0 Å². The van der Waals surface area contributed by atoms with Crippen LogP contribution in [0, 0.1) is 5.92 Å². The Morgan fingerprint density at radius 3 is 1.97 bits per heavy atom. The minimum Gasteiger partial charge on any atom is -0.441 e. The van der Waals surface area contributed by atoms with Crippen LogP contribution in [0.3, 0.4) is 0 Å². The van der Waals surface area contributed by atoms with Gasteiger partial charge >= 0.3 is 0 Å². The smallest absolute Gasteiger partial charge is 0.226 e. The molecule has 0 unspecified atom stereocenters. The zero-order valence-corrected chi connectivity index (χ0v) is 21.3. The maximum Gasteiger partial charge on any atom is 0.226 e. The van der Waals surface area contributed by atoms with E-state index in [0.29, 0.717) is 34.1 Å². The number of nitrogens with zero attached hydrogens (tertiary/aromatic N) is 1. The summed E-state index contributed by atoms with van der Waals surface area (Å²) >= 11 is 0. The fourth-order valence-electron chi connectivity index (χ4n) is 4.82. The average molecular weight is 432 g/mol. The molecule has 1 heterocycles. The molecular formula is C25H41NO3Si. The first-order chi connectivity index (χ1) is 13.9. The molecule has 1 aromatic carbocycles. The van der Waals surface area contributed by atoms with Crippen LogP contribution in [-0.4, -0.2) is 25.0 Å². The lowest BCUT2D eigenvalue weighted by Crippen LogP contribution is -2.50. The summed E-state index contributed by atoms with van der Waals surface area (Å²) in [6.45, 7) is 19.9. The van der Waals surface area contributed by atoms with Crippen molar-refractivity contribution in [3.05, 3.63) is 41.8 Å². The highest BCUT2D eigenvalue weighted by Gasteiger charge is 2.47. The SMILES string of the molecule is CC(C)Cc1oc(-c2ccccc2)nc1[C@@](C)(O)CO[Si](C(C)C)(C(C)C)C(C)C. The van der Waals surface area contributed by atoms with Crippen LogP contribution in [0.15, 0.2) is 34.7 Å². The topological polar surface area (TPSA) is 55.5 Å². The van der Waals surface area contributed by atoms with Crippen molar-refractivity contribution >= 4 is 8.32 Å². The summed E-state index contributed by atoms with van der Waals surface area (Å²) in [7, 11) is -2.10. The Morgan fingerprint density at radius 1 is 0.967 bits per heavy atom. The molecule has 30 heavy (non-hydrogen) atoms. The van der Waals surface area contributed by atoms with E-state index in [4.69, 9.17) is 13.8 Å². The lowest BCUT2D eigenvalue weighted by Gasteiger charge is -2.43. The molecular weight excluding hydrogens is 390 g/mol. The zero-order chi connectivity index (χ0) is 22.7. The van der Waals surface area contributed by atoms with Gasteiger partial charge in [-0.15, -0.1) is 0 Å². The van der Waals surface area contributed by atoms with Gasteiger partial charge < -0.3 is 13.9 Å². The van der Waals surface area contributed by atoms with Crippen LogP contribution in [0.25, 0.3) is 11.5 Å². The van der Waals surface area contributed by atoms with Crippen molar-refractivity contribution in [2.75, 3.05) is 6.61 Å². The Morgan fingerprint density at radius 2 is 1.50 bits per heavy atom. The van der Waals surface area contributed by atoms with Gasteiger partial charge in [0.05, 0.1) is 6.61 Å². The summed E-state index contributed by atoms with van der Waals surface area (Å²) in [5.74, 6) is 1.71. The molecule has 0 saturated heterocycles. The number of benzene rings is 1. The standard InChI is InChI=1S/C25H41NO3Si/c1-17(2)15-22-23(26-24(29-22)21-13-11-10-12-14-21)25(9,27)16-28-30(18(3)4,19(5)6)20(7)8/h10-14,17-20,27H,15-16H2,1-9H3/t25-/m0/s1. The molecule has 0 aliphatic heterocycles. The van der Waals surface area contributed by atoms with E-state index in [2.05, 4.69) is 55.4 Å². The first-order valence-electron chi connectivity index (χ1n) is 11.3. The van der Waals surface area contributed by atoms with Gasteiger partial charge in [0.25, 0.3) is 0 Å². The molecule has 5 heteroatoms. The molecule has 168 valence electrons. The average Bonchev–Trinajstić information content (AvgIpc) is 3.06. The van der Waals surface area contributed by atoms with Gasteiger partial charge in [-0.2, -0.15) is 0 Å². The molecule has 2 aromatic rings. The van der Waals surface area contributed by atoms with Crippen LogP contribution in [0.5, 0.6) is 0 Å². The minimum atomic E-state index is -2.10. The summed E-state index contributed by atoms with van der Waals surface area (Å²) in [5.41, 5.74) is 1.69. The van der Waals surface area contributed by atoms with Gasteiger partial charge in [-0.05, 0) is 41.6 Å². The minimum absolute atomic E-state index is 0.236. The number of aromatic nitrogens is 1.